The summed E-state index contributed by atoms with van der Waals surface area (Å²) in [6.45, 7) is 3.67. The van der Waals surface area contributed by atoms with E-state index in [1.54, 1.807) is 6.07 Å². The normalized spacial score (nSPS) is 25.2. The first kappa shape index (κ1) is 22.8. The van der Waals surface area contributed by atoms with Gasteiger partial charge in [0.2, 0.25) is 5.91 Å². The Kier molecular flexibility index (Phi) is 6.34. The third kappa shape index (κ3) is 5.17. The van der Waals surface area contributed by atoms with Crippen LogP contribution in [0.1, 0.15) is 43.2 Å². The van der Waals surface area contributed by atoms with E-state index in [9.17, 15) is 18.0 Å². The van der Waals surface area contributed by atoms with Crippen molar-refractivity contribution in [2.75, 3.05) is 31.1 Å². The maximum Gasteiger partial charge on any atom is 0.393 e. The molecule has 32 heavy (non-hydrogen) atoms. The fraction of sp³-hybridized carbons (Fsp3) is 0.542. The van der Waals surface area contributed by atoms with E-state index in [-0.39, 0.29) is 23.1 Å². The molecule has 4 nitrogen and oxygen atoms in total. The lowest BCUT2D eigenvalue weighted by atomic mass is 9.83. The Morgan fingerprint density at radius 1 is 1.09 bits per heavy atom. The number of alkyl halides is 4. The molecule has 2 heterocycles. The van der Waals surface area contributed by atoms with Gasteiger partial charge in [-0.25, -0.2) is 4.39 Å². The third-order valence-electron chi connectivity index (χ3n) is 6.77. The lowest BCUT2D eigenvalue weighted by molar-refractivity contribution is -0.127. The van der Waals surface area contributed by atoms with Crippen LogP contribution in [0.5, 0.6) is 0 Å². The first-order valence-electron chi connectivity index (χ1n) is 11.2. The number of hydrogen-bond donors (Lipinski definition) is 1. The lowest BCUT2D eigenvalue weighted by Gasteiger charge is -2.38. The van der Waals surface area contributed by atoms with Crippen LogP contribution in [0.4, 0.5) is 23.2 Å². The van der Waals surface area contributed by atoms with E-state index in [4.69, 9.17) is 5.73 Å². The highest BCUT2D eigenvalue weighted by molar-refractivity contribution is 5.92. The number of anilines is 1. The van der Waals surface area contributed by atoms with Gasteiger partial charge in [0.15, 0.2) is 5.67 Å². The second-order valence-corrected chi connectivity index (χ2v) is 9.10. The SMILES string of the molecule is NC(=O)C1=CC=CC(F)(c2cc(CC(F)(F)F)cc(N3CCC(N4CCCC4)CC3)c2)C1. The quantitative estimate of drug-likeness (QED) is 0.676. The highest BCUT2D eigenvalue weighted by atomic mass is 19.4. The minimum absolute atomic E-state index is 0.0206. The monoisotopic (exact) mass is 451 g/mol. The molecule has 2 aliphatic heterocycles. The van der Waals surface area contributed by atoms with Crippen molar-refractivity contribution < 1.29 is 22.4 Å². The van der Waals surface area contributed by atoms with Crippen molar-refractivity contribution in [1.29, 1.82) is 0 Å². The Morgan fingerprint density at radius 2 is 1.78 bits per heavy atom. The van der Waals surface area contributed by atoms with Gasteiger partial charge in [-0.05, 0) is 68.1 Å². The van der Waals surface area contributed by atoms with Crippen LogP contribution in [0.3, 0.4) is 0 Å². The maximum absolute atomic E-state index is 15.9. The number of hydrogen-bond acceptors (Lipinski definition) is 3. The number of benzene rings is 1. The van der Waals surface area contributed by atoms with Crippen molar-refractivity contribution >= 4 is 11.6 Å². The highest BCUT2D eigenvalue weighted by Crippen LogP contribution is 2.40. The predicted octanol–water partition coefficient (Wildman–Crippen LogP) is 4.39. The van der Waals surface area contributed by atoms with Crippen LogP contribution in [0.25, 0.3) is 0 Å². The molecule has 1 unspecified atom stereocenters. The number of carbonyl (C=O) groups is 1. The van der Waals surface area contributed by atoms with E-state index in [2.05, 4.69) is 9.80 Å². The van der Waals surface area contributed by atoms with E-state index < -0.39 is 24.2 Å². The van der Waals surface area contributed by atoms with Crippen LogP contribution < -0.4 is 10.6 Å². The van der Waals surface area contributed by atoms with Gasteiger partial charge in [-0.1, -0.05) is 18.2 Å². The highest BCUT2D eigenvalue weighted by Gasteiger charge is 2.36. The van der Waals surface area contributed by atoms with Gasteiger partial charge in [0, 0.05) is 36.8 Å². The second kappa shape index (κ2) is 8.89. The summed E-state index contributed by atoms with van der Waals surface area (Å²) in [7, 11) is 0. The first-order valence-corrected chi connectivity index (χ1v) is 11.2. The Hall–Kier alpha value is -2.35. The van der Waals surface area contributed by atoms with Crippen LogP contribution in [-0.4, -0.2) is 49.2 Å². The smallest absolute Gasteiger partial charge is 0.371 e. The van der Waals surface area contributed by atoms with Crippen molar-refractivity contribution in [2.45, 2.75) is 56.4 Å². The van der Waals surface area contributed by atoms with Gasteiger partial charge < -0.3 is 15.5 Å². The topological polar surface area (TPSA) is 49.6 Å². The molecule has 3 aliphatic rings. The van der Waals surface area contributed by atoms with E-state index in [0.29, 0.717) is 11.7 Å². The fourth-order valence-electron chi connectivity index (χ4n) is 5.11. The Balaban J connectivity index is 1.60. The molecule has 0 aromatic heterocycles. The van der Waals surface area contributed by atoms with Crippen LogP contribution in [0.15, 0.2) is 42.0 Å². The number of halogens is 4. The lowest BCUT2D eigenvalue weighted by Crippen LogP contribution is -2.44. The molecule has 0 bridgehead atoms. The summed E-state index contributed by atoms with van der Waals surface area (Å²) in [5, 5.41) is 0. The van der Waals surface area contributed by atoms with Gasteiger partial charge >= 0.3 is 6.18 Å². The molecule has 2 saturated heterocycles. The summed E-state index contributed by atoms with van der Waals surface area (Å²) in [5.41, 5.74) is 4.10. The zero-order chi connectivity index (χ0) is 22.9. The molecule has 0 saturated carbocycles. The van der Waals surface area contributed by atoms with Crippen LogP contribution in [0, 0.1) is 0 Å². The van der Waals surface area contributed by atoms with Gasteiger partial charge in [-0.2, -0.15) is 13.2 Å². The number of carbonyl (C=O) groups excluding carboxylic acids is 1. The molecule has 1 atom stereocenters. The Bertz CT molecular complexity index is 912. The summed E-state index contributed by atoms with van der Waals surface area (Å²) in [4.78, 5) is 16.1. The minimum Gasteiger partial charge on any atom is -0.371 e. The fourth-order valence-corrected chi connectivity index (χ4v) is 5.11. The number of rotatable bonds is 5. The summed E-state index contributed by atoms with van der Waals surface area (Å²) >= 11 is 0. The predicted molar refractivity (Wildman–Crippen MR) is 116 cm³/mol. The van der Waals surface area contributed by atoms with E-state index in [1.807, 2.05) is 0 Å². The molecular weight excluding hydrogens is 422 g/mol. The third-order valence-corrected chi connectivity index (χ3v) is 6.77. The van der Waals surface area contributed by atoms with Crippen molar-refractivity contribution in [3.8, 4) is 0 Å². The van der Waals surface area contributed by atoms with Crippen LogP contribution in [-0.2, 0) is 16.9 Å². The molecule has 174 valence electrons. The summed E-state index contributed by atoms with van der Waals surface area (Å²) in [6.07, 6.45) is 2.64. The van der Waals surface area contributed by atoms with Gasteiger partial charge in [0.1, 0.15) is 0 Å². The summed E-state index contributed by atoms with van der Waals surface area (Å²) in [5.74, 6) is -0.730. The molecule has 2 fully saturated rings. The largest absolute Gasteiger partial charge is 0.393 e. The molecule has 2 N–H and O–H groups in total. The first-order chi connectivity index (χ1) is 15.1. The van der Waals surface area contributed by atoms with Gasteiger partial charge in [0.05, 0.1) is 6.42 Å². The van der Waals surface area contributed by atoms with Gasteiger partial charge in [0.25, 0.3) is 0 Å². The van der Waals surface area contributed by atoms with Gasteiger partial charge in [-0.15, -0.1) is 0 Å². The zero-order valence-electron chi connectivity index (χ0n) is 18.0. The molecule has 8 heteroatoms. The Morgan fingerprint density at radius 3 is 2.41 bits per heavy atom. The molecule has 4 rings (SSSR count). The molecule has 0 spiro atoms. The maximum atomic E-state index is 15.9. The summed E-state index contributed by atoms with van der Waals surface area (Å²) < 4.78 is 55.4. The number of allylic oxidation sites excluding steroid dienone is 3. The molecular formula is C24H29F4N3O. The number of amides is 1. The standard InChI is InChI=1S/C24H29F4N3O/c25-23(7-3-4-18(16-23)22(29)32)19-12-17(15-24(26,27)28)13-21(14-19)31-10-5-20(6-11-31)30-8-1-2-9-30/h3-4,7,12-14,20H,1-2,5-6,8-11,15-16H2,(H2,29,32). The molecule has 0 radical (unpaired) electrons. The number of piperidine rings is 1. The van der Waals surface area contributed by atoms with Crippen molar-refractivity contribution in [3.05, 3.63) is 53.1 Å². The van der Waals surface area contributed by atoms with Crippen LogP contribution >= 0.6 is 0 Å². The van der Waals surface area contributed by atoms with Crippen molar-refractivity contribution in [2.24, 2.45) is 5.73 Å². The second-order valence-electron chi connectivity index (χ2n) is 9.10. The van der Waals surface area contributed by atoms with E-state index in [1.165, 1.54) is 43.2 Å². The number of likely N-dealkylation sites (tertiary alicyclic amines) is 1. The average molecular weight is 452 g/mol. The molecule has 1 aromatic carbocycles. The van der Waals surface area contributed by atoms with Gasteiger partial charge in [-0.3, -0.25) is 4.79 Å². The van der Waals surface area contributed by atoms with E-state index >= 15 is 4.39 Å². The summed E-state index contributed by atoms with van der Waals surface area (Å²) in [6, 6.07) is 4.92. The number of nitrogens with two attached hydrogens (primary N) is 1. The number of primary amides is 1. The Labute approximate surface area is 185 Å². The molecule has 1 amide bonds. The average Bonchev–Trinajstić information content (AvgIpc) is 3.27. The van der Waals surface area contributed by atoms with E-state index in [0.717, 1.165) is 39.0 Å². The number of nitrogens with zero attached hydrogens (tertiary/aromatic N) is 2. The van der Waals surface area contributed by atoms with Crippen molar-refractivity contribution in [3.63, 3.8) is 0 Å². The molecule has 1 aliphatic carbocycles. The zero-order valence-corrected chi connectivity index (χ0v) is 18.0. The van der Waals surface area contributed by atoms with Crippen LogP contribution in [0.2, 0.25) is 0 Å². The minimum atomic E-state index is -4.40. The molecule has 1 aromatic rings. The van der Waals surface area contributed by atoms with Crippen molar-refractivity contribution in [1.82, 2.24) is 4.90 Å².